The van der Waals surface area contributed by atoms with Crippen molar-refractivity contribution < 1.29 is 0 Å². The van der Waals surface area contributed by atoms with Crippen LogP contribution in [0.2, 0.25) is 0 Å². The summed E-state index contributed by atoms with van der Waals surface area (Å²) in [4.78, 5) is 7.35. The van der Waals surface area contributed by atoms with E-state index in [1.807, 2.05) is 23.9 Å². The number of rotatable bonds is 5. The summed E-state index contributed by atoms with van der Waals surface area (Å²) in [6.07, 6.45) is 5.48. The van der Waals surface area contributed by atoms with Gasteiger partial charge in [-0.2, -0.15) is 5.10 Å². The molecule has 0 spiro atoms. The number of aromatic amines is 1. The lowest BCUT2D eigenvalue weighted by Crippen LogP contribution is -2.02. The Kier molecular flexibility index (Phi) is 3.50. The predicted octanol–water partition coefficient (Wildman–Crippen LogP) is 2.58. The Hall–Kier alpha value is -2.56. The van der Waals surface area contributed by atoms with Crippen LogP contribution in [-0.2, 0) is 13.1 Å². The van der Waals surface area contributed by atoms with Gasteiger partial charge in [-0.3, -0.25) is 4.68 Å². The molecule has 0 unspecified atom stereocenters. The van der Waals surface area contributed by atoms with Gasteiger partial charge in [-0.1, -0.05) is 12.1 Å². The number of nitrogens with one attached hydrogen (secondary N) is 2. The number of nitrogens with zero attached hydrogens (tertiary/aromatic N) is 3. The maximum Gasteiger partial charge on any atom is 0.0925 e. The third-order valence-corrected chi connectivity index (χ3v) is 3.25. The molecule has 5 heteroatoms. The quantitative estimate of drug-likeness (QED) is 0.747. The summed E-state index contributed by atoms with van der Waals surface area (Å²) >= 11 is 0. The van der Waals surface area contributed by atoms with Gasteiger partial charge < -0.3 is 10.3 Å². The van der Waals surface area contributed by atoms with Crippen molar-refractivity contribution in [1.29, 1.82) is 0 Å². The van der Waals surface area contributed by atoms with Crippen LogP contribution in [0.25, 0.3) is 0 Å². The SMILES string of the molecule is Cc1[nH]cnc1CNc1ccc(Cn2cccn2)cc1. The molecule has 3 rings (SSSR count). The maximum atomic E-state index is 4.27. The summed E-state index contributed by atoms with van der Waals surface area (Å²) in [6, 6.07) is 10.3. The van der Waals surface area contributed by atoms with Crippen molar-refractivity contribution in [3.63, 3.8) is 0 Å². The molecular weight excluding hydrogens is 250 g/mol. The minimum absolute atomic E-state index is 0.730. The van der Waals surface area contributed by atoms with Crippen molar-refractivity contribution in [3.05, 3.63) is 66.0 Å². The van der Waals surface area contributed by atoms with Crippen LogP contribution in [0.4, 0.5) is 5.69 Å². The Morgan fingerprint density at radius 2 is 2.10 bits per heavy atom. The number of imidazole rings is 1. The second-order valence-electron chi connectivity index (χ2n) is 4.73. The summed E-state index contributed by atoms with van der Waals surface area (Å²) in [6.45, 7) is 3.55. The second kappa shape index (κ2) is 5.61. The number of hydrogen-bond acceptors (Lipinski definition) is 3. The summed E-state index contributed by atoms with van der Waals surface area (Å²) in [7, 11) is 0. The van der Waals surface area contributed by atoms with Crippen molar-refractivity contribution in [2.24, 2.45) is 0 Å². The Bertz CT molecular complexity index is 652. The van der Waals surface area contributed by atoms with E-state index in [1.54, 1.807) is 12.5 Å². The molecule has 3 aromatic rings. The molecule has 2 N–H and O–H groups in total. The first-order valence-electron chi connectivity index (χ1n) is 6.60. The zero-order chi connectivity index (χ0) is 13.8. The van der Waals surface area contributed by atoms with Gasteiger partial charge in [-0.25, -0.2) is 4.98 Å². The Morgan fingerprint density at radius 3 is 2.75 bits per heavy atom. The first kappa shape index (κ1) is 12.5. The summed E-state index contributed by atoms with van der Waals surface area (Å²) in [5.74, 6) is 0. The molecule has 0 fully saturated rings. The molecule has 0 saturated heterocycles. The van der Waals surface area contributed by atoms with Crippen LogP contribution in [0, 0.1) is 6.92 Å². The molecule has 0 aliphatic rings. The van der Waals surface area contributed by atoms with Gasteiger partial charge in [0.15, 0.2) is 0 Å². The van der Waals surface area contributed by atoms with Crippen LogP contribution in [0.5, 0.6) is 0 Å². The highest BCUT2D eigenvalue weighted by Crippen LogP contribution is 2.12. The summed E-state index contributed by atoms with van der Waals surface area (Å²) in [5, 5.41) is 7.57. The van der Waals surface area contributed by atoms with Crippen LogP contribution >= 0.6 is 0 Å². The lowest BCUT2D eigenvalue weighted by atomic mass is 10.2. The third-order valence-electron chi connectivity index (χ3n) is 3.25. The number of hydrogen-bond donors (Lipinski definition) is 2. The van der Waals surface area contributed by atoms with Crippen molar-refractivity contribution in [2.45, 2.75) is 20.0 Å². The molecule has 0 amide bonds. The zero-order valence-electron chi connectivity index (χ0n) is 11.4. The molecule has 0 aliphatic carbocycles. The Morgan fingerprint density at radius 1 is 1.25 bits per heavy atom. The van der Waals surface area contributed by atoms with Gasteiger partial charge in [0.2, 0.25) is 0 Å². The van der Waals surface area contributed by atoms with Gasteiger partial charge in [0.1, 0.15) is 0 Å². The van der Waals surface area contributed by atoms with E-state index in [1.165, 1.54) is 5.56 Å². The number of aryl methyl sites for hydroxylation is 1. The summed E-state index contributed by atoms with van der Waals surface area (Å²) in [5.41, 5.74) is 4.48. The fourth-order valence-corrected chi connectivity index (χ4v) is 2.06. The maximum absolute atomic E-state index is 4.27. The zero-order valence-corrected chi connectivity index (χ0v) is 11.4. The molecule has 0 saturated carbocycles. The molecule has 102 valence electrons. The summed E-state index contributed by atoms with van der Waals surface area (Å²) < 4.78 is 1.91. The van der Waals surface area contributed by atoms with E-state index in [4.69, 9.17) is 0 Å². The first-order valence-corrected chi connectivity index (χ1v) is 6.60. The molecule has 0 radical (unpaired) electrons. The van der Waals surface area contributed by atoms with Gasteiger partial charge in [-0.05, 0) is 30.7 Å². The Labute approximate surface area is 117 Å². The molecule has 20 heavy (non-hydrogen) atoms. The Balaban J connectivity index is 1.60. The lowest BCUT2D eigenvalue weighted by molar-refractivity contribution is 0.687. The molecule has 2 aromatic heterocycles. The van der Waals surface area contributed by atoms with E-state index in [9.17, 15) is 0 Å². The molecule has 5 nitrogen and oxygen atoms in total. The second-order valence-corrected chi connectivity index (χ2v) is 4.73. The van der Waals surface area contributed by atoms with Gasteiger partial charge >= 0.3 is 0 Å². The van der Waals surface area contributed by atoms with Gasteiger partial charge in [0.05, 0.1) is 25.1 Å². The third kappa shape index (κ3) is 2.88. The number of H-pyrrole nitrogens is 1. The van der Waals surface area contributed by atoms with Crippen molar-refractivity contribution in [2.75, 3.05) is 5.32 Å². The van der Waals surface area contributed by atoms with Crippen LogP contribution in [0.15, 0.2) is 49.1 Å². The molecule has 1 aromatic carbocycles. The normalized spacial score (nSPS) is 10.7. The average molecular weight is 267 g/mol. The topological polar surface area (TPSA) is 58.5 Å². The van der Waals surface area contributed by atoms with E-state index in [2.05, 4.69) is 44.6 Å². The van der Waals surface area contributed by atoms with Crippen molar-refractivity contribution in [3.8, 4) is 0 Å². The fraction of sp³-hybridized carbons (Fsp3) is 0.200. The highest BCUT2D eigenvalue weighted by Gasteiger charge is 2.01. The minimum atomic E-state index is 0.730. The van der Waals surface area contributed by atoms with Crippen LogP contribution in [0.1, 0.15) is 17.0 Å². The predicted molar refractivity (Wildman–Crippen MR) is 78.4 cm³/mol. The van der Waals surface area contributed by atoms with E-state index in [0.717, 1.165) is 30.2 Å². The van der Waals surface area contributed by atoms with Crippen molar-refractivity contribution >= 4 is 5.69 Å². The van der Waals surface area contributed by atoms with Crippen molar-refractivity contribution in [1.82, 2.24) is 19.7 Å². The average Bonchev–Trinajstić information content (AvgIpc) is 3.10. The molecule has 0 atom stereocenters. The molecule has 0 bridgehead atoms. The lowest BCUT2D eigenvalue weighted by Gasteiger charge is -2.07. The largest absolute Gasteiger partial charge is 0.379 e. The number of benzene rings is 1. The van der Waals surface area contributed by atoms with E-state index in [-0.39, 0.29) is 0 Å². The minimum Gasteiger partial charge on any atom is -0.379 e. The van der Waals surface area contributed by atoms with E-state index >= 15 is 0 Å². The smallest absolute Gasteiger partial charge is 0.0925 e. The standard InChI is InChI=1S/C15H17N5/c1-12-15(18-11-17-12)9-16-14-5-3-13(4-6-14)10-20-8-2-7-19-20/h2-8,11,16H,9-10H2,1H3,(H,17,18). The number of anilines is 1. The van der Waals surface area contributed by atoms with Gasteiger partial charge in [0, 0.05) is 23.8 Å². The monoisotopic (exact) mass is 267 g/mol. The van der Waals surface area contributed by atoms with E-state index in [0.29, 0.717) is 0 Å². The fourth-order valence-electron chi connectivity index (χ4n) is 2.06. The highest BCUT2D eigenvalue weighted by atomic mass is 15.3. The number of aromatic nitrogens is 4. The first-order chi connectivity index (χ1) is 9.81. The molecule has 0 aliphatic heterocycles. The van der Waals surface area contributed by atoms with Gasteiger partial charge in [-0.15, -0.1) is 0 Å². The van der Waals surface area contributed by atoms with E-state index < -0.39 is 0 Å². The highest BCUT2D eigenvalue weighted by molar-refractivity contribution is 5.45. The molecular formula is C15H17N5. The van der Waals surface area contributed by atoms with Gasteiger partial charge in [0.25, 0.3) is 0 Å². The van der Waals surface area contributed by atoms with Crippen LogP contribution in [-0.4, -0.2) is 19.7 Å². The van der Waals surface area contributed by atoms with Crippen LogP contribution in [0.3, 0.4) is 0 Å². The van der Waals surface area contributed by atoms with Crippen LogP contribution < -0.4 is 5.32 Å². The molecule has 2 heterocycles.